The molecule has 4 rings (SSSR count). The summed E-state index contributed by atoms with van der Waals surface area (Å²) in [7, 11) is -2.16. The van der Waals surface area contributed by atoms with Crippen LogP contribution in [0.15, 0.2) is 41.0 Å². The zero-order chi connectivity index (χ0) is 24.3. The van der Waals surface area contributed by atoms with Crippen LogP contribution in [0.5, 0.6) is 5.75 Å². The molecule has 1 saturated heterocycles. The summed E-state index contributed by atoms with van der Waals surface area (Å²) in [5, 5.41) is 6.36. The summed E-state index contributed by atoms with van der Waals surface area (Å²) in [6.45, 7) is 0.670. The zero-order valence-corrected chi connectivity index (χ0v) is 19.8. The standard InChI is InChI=1S/C22H22ClF2N5O3S/c1-13-7-15(30-34(32)5-2-6-34)9-17-21(13)22(28-12-27-17)29-16-4-3-14(23)8-18(16)33-11-20(31)26-10-19(24)25/h3-4,7-9,12,19H,2,5-6,10-11H2,1H3,(H,26,31)(H,27,28,29). The van der Waals surface area contributed by atoms with E-state index in [1.807, 2.05) is 13.0 Å². The number of benzene rings is 2. The highest BCUT2D eigenvalue weighted by atomic mass is 35.5. The number of carbonyl (C=O) groups excluding carboxylic acids is 1. The van der Waals surface area contributed by atoms with Gasteiger partial charge >= 0.3 is 0 Å². The van der Waals surface area contributed by atoms with E-state index in [-0.39, 0.29) is 5.75 Å². The normalized spacial score (nSPS) is 14.5. The number of nitrogens with one attached hydrogen (secondary N) is 2. The molecule has 8 nitrogen and oxygen atoms in total. The molecule has 1 aromatic heterocycles. The highest BCUT2D eigenvalue weighted by molar-refractivity contribution is 7.95. The summed E-state index contributed by atoms with van der Waals surface area (Å²) in [6.07, 6.45) is -0.334. The van der Waals surface area contributed by atoms with E-state index in [0.29, 0.717) is 39.2 Å². The molecule has 34 heavy (non-hydrogen) atoms. The van der Waals surface area contributed by atoms with Crippen LogP contribution >= 0.6 is 11.6 Å². The zero-order valence-electron chi connectivity index (χ0n) is 18.2. The molecule has 0 saturated carbocycles. The topological polar surface area (TPSA) is 106 Å². The molecule has 2 N–H and O–H groups in total. The van der Waals surface area contributed by atoms with Crippen LogP contribution in [0.25, 0.3) is 10.9 Å². The van der Waals surface area contributed by atoms with Crippen LogP contribution in [0.1, 0.15) is 12.0 Å². The number of halogens is 3. The lowest BCUT2D eigenvalue weighted by Gasteiger charge is -2.18. The number of carbonyl (C=O) groups is 1. The van der Waals surface area contributed by atoms with Crippen molar-refractivity contribution in [2.45, 2.75) is 19.8 Å². The predicted octanol–water partition coefficient (Wildman–Crippen LogP) is 4.60. The quantitative estimate of drug-likeness (QED) is 0.460. The van der Waals surface area contributed by atoms with E-state index < -0.39 is 35.2 Å². The molecule has 1 fully saturated rings. The summed E-state index contributed by atoms with van der Waals surface area (Å²) in [5.41, 5.74) is 2.55. The molecule has 0 radical (unpaired) electrons. The molecular weight excluding hydrogens is 488 g/mol. The molecule has 0 atom stereocenters. The van der Waals surface area contributed by atoms with Gasteiger partial charge in [0.2, 0.25) is 0 Å². The van der Waals surface area contributed by atoms with Crippen LogP contribution < -0.4 is 15.4 Å². The van der Waals surface area contributed by atoms with Gasteiger partial charge in [-0.3, -0.25) is 4.79 Å². The minimum Gasteiger partial charge on any atom is -0.482 e. The second kappa shape index (κ2) is 10.1. The van der Waals surface area contributed by atoms with Gasteiger partial charge in [0.05, 0.1) is 33.2 Å². The van der Waals surface area contributed by atoms with Crippen molar-refractivity contribution in [1.29, 1.82) is 0 Å². The van der Waals surface area contributed by atoms with Gasteiger partial charge in [-0.1, -0.05) is 11.6 Å². The van der Waals surface area contributed by atoms with Crippen LogP contribution in [-0.2, 0) is 14.5 Å². The summed E-state index contributed by atoms with van der Waals surface area (Å²) < 4.78 is 47.1. The number of alkyl halides is 2. The number of hydrogen-bond donors (Lipinski definition) is 2. The SMILES string of the molecule is Cc1cc(N=S2(=O)CCC2)cc2ncnc(Nc3ccc(Cl)cc3OCC(=O)NCC(F)F)c12. The minimum atomic E-state index is -2.65. The molecule has 2 aromatic carbocycles. The first kappa shape index (κ1) is 24.1. The van der Waals surface area contributed by atoms with E-state index in [1.165, 1.54) is 12.4 Å². The first-order valence-electron chi connectivity index (χ1n) is 10.4. The van der Waals surface area contributed by atoms with E-state index >= 15 is 0 Å². The van der Waals surface area contributed by atoms with Crippen molar-refractivity contribution in [1.82, 2.24) is 15.3 Å². The largest absolute Gasteiger partial charge is 0.482 e. The Morgan fingerprint density at radius 2 is 2.06 bits per heavy atom. The number of aryl methyl sites for hydroxylation is 1. The van der Waals surface area contributed by atoms with Crippen molar-refractivity contribution in [2.75, 3.05) is 30.0 Å². The van der Waals surface area contributed by atoms with Crippen molar-refractivity contribution in [3.05, 3.63) is 47.2 Å². The summed E-state index contributed by atoms with van der Waals surface area (Å²) >= 11 is 6.08. The Morgan fingerprint density at radius 3 is 2.76 bits per heavy atom. The number of amides is 1. The molecule has 0 bridgehead atoms. The van der Waals surface area contributed by atoms with Crippen molar-refractivity contribution in [3.8, 4) is 5.75 Å². The molecule has 1 aliphatic rings. The molecular formula is C22H22ClF2N5O3S. The fourth-order valence-electron chi connectivity index (χ4n) is 3.43. The van der Waals surface area contributed by atoms with Crippen LogP contribution in [0.2, 0.25) is 5.02 Å². The van der Waals surface area contributed by atoms with Crippen molar-refractivity contribution < 1.29 is 22.5 Å². The summed E-state index contributed by atoms with van der Waals surface area (Å²) in [4.78, 5) is 20.5. The predicted molar refractivity (Wildman–Crippen MR) is 128 cm³/mol. The Hall–Kier alpha value is -3.05. The van der Waals surface area contributed by atoms with Gasteiger partial charge in [0.1, 0.15) is 17.9 Å². The lowest BCUT2D eigenvalue weighted by molar-refractivity contribution is -0.123. The van der Waals surface area contributed by atoms with Gasteiger partial charge in [-0.2, -0.15) is 4.36 Å². The Morgan fingerprint density at radius 1 is 1.26 bits per heavy atom. The highest BCUT2D eigenvalue weighted by Gasteiger charge is 2.20. The van der Waals surface area contributed by atoms with Crippen LogP contribution in [-0.4, -0.2) is 51.2 Å². The molecule has 2 heterocycles. The Balaban J connectivity index is 1.60. The van der Waals surface area contributed by atoms with Gasteiger partial charge in [-0.15, -0.1) is 0 Å². The number of anilines is 2. The Kier molecular flexibility index (Phi) is 7.13. The first-order chi connectivity index (χ1) is 16.2. The lowest BCUT2D eigenvalue weighted by atomic mass is 10.1. The number of hydrogen-bond acceptors (Lipinski definition) is 7. The number of nitrogens with zero attached hydrogens (tertiary/aromatic N) is 3. The van der Waals surface area contributed by atoms with Gasteiger partial charge in [-0.05, 0) is 43.2 Å². The van der Waals surface area contributed by atoms with E-state index in [2.05, 4.69) is 25.0 Å². The molecule has 180 valence electrons. The molecule has 0 unspecified atom stereocenters. The third kappa shape index (κ3) is 5.71. The van der Waals surface area contributed by atoms with E-state index in [1.54, 1.807) is 18.2 Å². The van der Waals surface area contributed by atoms with Crippen molar-refractivity contribution in [2.24, 2.45) is 4.36 Å². The number of rotatable bonds is 8. The monoisotopic (exact) mass is 509 g/mol. The van der Waals surface area contributed by atoms with E-state index in [4.69, 9.17) is 16.3 Å². The van der Waals surface area contributed by atoms with Crippen LogP contribution in [0, 0.1) is 6.92 Å². The minimum absolute atomic E-state index is 0.248. The second-order valence-corrected chi connectivity index (χ2v) is 10.7. The van der Waals surface area contributed by atoms with E-state index in [0.717, 1.165) is 17.4 Å². The third-order valence-corrected chi connectivity index (χ3v) is 7.76. The van der Waals surface area contributed by atoms with Gasteiger partial charge in [0.25, 0.3) is 12.3 Å². The molecule has 1 aliphatic heterocycles. The van der Waals surface area contributed by atoms with E-state index in [9.17, 15) is 17.8 Å². The van der Waals surface area contributed by atoms with Gasteiger partial charge in [0, 0.05) is 28.0 Å². The Labute approximate surface area is 200 Å². The van der Waals surface area contributed by atoms with Gasteiger partial charge < -0.3 is 15.4 Å². The van der Waals surface area contributed by atoms with Gasteiger partial charge in [-0.25, -0.2) is 23.0 Å². The molecule has 3 aromatic rings. The highest BCUT2D eigenvalue weighted by Crippen LogP contribution is 2.35. The third-order valence-electron chi connectivity index (χ3n) is 5.13. The van der Waals surface area contributed by atoms with Crippen LogP contribution in [0.4, 0.5) is 26.0 Å². The van der Waals surface area contributed by atoms with Crippen LogP contribution in [0.3, 0.4) is 0 Å². The molecule has 1 amide bonds. The molecule has 0 spiro atoms. The van der Waals surface area contributed by atoms with Crippen molar-refractivity contribution in [3.63, 3.8) is 0 Å². The smallest absolute Gasteiger partial charge is 0.258 e. The molecule has 0 aliphatic carbocycles. The maximum Gasteiger partial charge on any atom is 0.258 e. The van der Waals surface area contributed by atoms with Gasteiger partial charge in [0.15, 0.2) is 6.61 Å². The lowest BCUT2D eigenvalue weighted by Crippen LogP contribution is -2.32. The number of ether oxygens (including phenoxy) is 1. The average molecular weight is 510 g/mol. The first-order valence-corrected chi connectivity index (χ1v) is 12.7. The fourth-order valence-corrected chi connectivity index (χ4v) is 5.04. The summed E-state index contributed by atoms with van der Waals surface area (Å²) in [6, 6.07) is 8.41. The maximum absolute atomic E-state index is 12.5. The molecule has 12 heteroatoms. The average Bonchev–Trinajstić information content (AvgIpc) is 2.76. The second-order valence-electron chi connectivity index (χ2n) is 7.75. The Bertz CT molecular complexity index is 1350. The number of fused-ring (bicyclic) bond motifs is 1. The maximum atomic E-state index is 12.5. The van der Waals surface area contributed by atoms with Crippen molar-refractivity contribution >= 4 is 55.3 Å². The summed E-state index contributed by atoms with van der Waals surface area (Å²) in [5.74, 6) is 1.27. The number of aromatic nitrogens is 2. The fraction of sp³-hybridized carbons (Fsp3) is 0.318.